The molecule has 0 aliphatic carbocycles. The van der Waals surface area contributed by atoms with E-state index in [1.165, 1.54) is 0 Å². The van der Waals surface area contributed by atoms with Gasteiger partial charge in [-0.2, -0.15) is 0 Å². The van der Waals surface area contributed by atoms with Gasteiger partial charge in [0.05, 0.1) is 13.2 Å². The lowest BCUT2D eigenvalue weighted by Gasteiger charge is -2.12. The van der Waals surface area contributed by atoms with Crippen molar-refractivity contribution in [2.24, 2.45) is 0 Å². The number of halogens is 2. The highest BCUT2D eigenvalue weighted by molar-refractivity contribution is 5.85. The molecule has 0 amide bonds. The summed E-state index contributed by atoms with van der Waals surface area (Å²) in [7, 11) is 1.63. The van der Waals surface area contributed by atoms with Crippen LogP contribution in [-0.4, -0.2) is 44.6 Å². The molecule has 5 nitrogen and oxygen atoms in total. The first-order chi connectivity index (χ1) is 10.2. The molecular formula is C16H28Cl2N2O3. The van der Waals surface area contributed by atoms with E-state index in [4.69, 9.17) is 14.6 Å². The van der Waals surface area contributed by atoms with Gasteiger partial charge in [0, 0.05) is 26.2 Å². The van der Waals surface area contributed by atoms with E-state index in [0.717, 1.165) is 36.7 Å². The van der Waals surface area contributed by atoms with Crippen molar-refractivity contribution in [2.45, 2.75) is 19.6 Å². The maximum absolute atomic E-state index is 9.12. The molecule has 23 heavy (non-hydrogen) atoms. The first-order valence-electron chi connectivity index (χ1n) is 7.17. The van der Waals surface area contributed by atoms with Gasteiger partial charge < -0.3 is 25.2 Å². The minimum atomic E-state index is -0.308. The Kier molecular flexibility index (Phi) is 15.4. The maximum atomic E-state index is 9.12. The fraction of sp³-hybridized carbons (Fsp3) is 0.500. The fourth-order valence-corrected chi connectivity index (χ4v) is 1.81. The average molecular weight is 367 g/mol. The molecule has 1 unspecified atom stereocenters. The molecular weight excluding hydrogens is 339 g/mol. The molecule has 0 bridgehead atoms. The van der Waals surface area contributed by atoms with Gasteiger partial charge in [-0.1, -0.05) is 18.7 Å². The molecule has 0 aliphatic heterocycles. The van der Waals surface area contributed by atoms with Gasteiger partial charge in [-0.05, 0) is 24.6 Å². The largest absolute Gasteiger partial charge is 0.493 e. The van der Waals surface area contributed by atoms with Crippen LogP contribution in [0.25, 0.3) is 0 Å². The van der Waals surface area contributed by atoms with Crippen molar-refractivity contribution in [3.63, 3.8) is 0 Å². The molecule has 1 aromatic carbocycles. The van der Waals surface area contributed by atoms with Crippen LogP contribution >= 0.6 is 24.8 Å². The average Bonchev–Trinajstić information content (AvgIpc) is 2.48. The molecule has 0 aliphatic rings. The number of ether oxygens (including phenoxy) is 2. The summed E-state index contributed by atoms with van der Waals surface area (Å²) in [5, 5.41) is 15.6. The van der Waals surface area contributed by atoms with Gasteiger partial charge in [-0.3, -0.25) is 0 Å². The number of aliphatic hydroxyl groups excluding tert-OH is 1. The standard InChI is InChI=1S/C16H26N2O3.2ClH/c1-4-9-21-15-6-5-14(10-16(15)20-3)12-18-8-7-17-11-13(2)19;;/h4-6,10,13,17-19H,1,7-9,11-12H2,2-3H3;2*1H. The van der Waals surface area contributed by atoms with Gasteiger partial charge in [0.1, 0.15) is 6.61 Å². The van der Waals surface area contributed by atoms with Crippen LogP contribution in [0, 0.1) is 0 Å². The summed E-state index contributed by atoms with van der Waals surface area (Å²) in [5.74, 6) is 1.45. The summed E-state index contributed by atoms with van der Waals surface area (Å²) in [5.41, 5.74) is 1.13. The second-order valence-corrected chi connectivity index (χ2v) is 4.81. The highest BCUT2D eigenvalue weighted by atomic mass is 35.5. The zero-order valence-electron chi connectivity index (χ0n) is 13.7. The van der Waals surface area contributed by atoms with Crippen molar-refractivity contribution in [3.8, 4) is 11.5 Å². The normalized spacial score (nSPS) is 10.9. The SMILES string of the molecule is C=CCOc1ccc(CNCCNCC(C)O)cc1OC.Cl.Cl. The third-order valence-corrected chi connectivity index (χ3v) is 2.83. The van der Waals surface area contributed by atoms with Crippen LogP contribution in [0.2, 0.25) is 0 Å². The quantitative estimate of drug-likeness (QED) is 0.413. The summed E-state index contributed by atoms with van der Waals surface area (Å²) in [4.78, 5) is 0. The smallest absolute Gasteiger partial charge is 0.161 e. The highest BCUT2D eigenvalue weighted by Gasteiger charge is 2.05. The van der Waals surface area contributed by atoms with Gasteiger partial charge >= 0.3 is 0 Å². The second-order valence-electron chi connectivity index (χ2n) is 4.81. The second kappa shape index (κ2) is 14.6. The van der Waals surface area contributed by atoms with Gasteiger partial charge in [0.15, 0.2) is 11.5 Å². The summed E-state index contributed by atoms with van der Waals surface area (Å²) in [6.07, 6.45) is 1.40. The highest BCUT2D eigenvalue weighted by Crippen LogP contribution is 2.27. The van der Waals surface area contributed by atoms with Gasteiger partial charge in [-0.15, -0.1) is 24.8 Å². The number of methoxy groups -OCH3 is 1. The minimum Gasteiger partial charge on any atom is -0.493 e. The molecule has 1 rings (SSSR count). The lowest BCUT2D eigenvalue weighted by molar-refractivity contribution is 0.191. The molecule has 3 N–H and O–H groups in total. The van der Waals surface area contributed by atoms with E-state index >= 15 is 0 Å². The molecule has 0 fully saturated rings. The Morgan fingerprint density at radius 3 is 2.52 bits per heavy atom. The predicted molar refractivity (Wildman–Crippen MR) is 99.4 cm³/mol. The number of nitrogens with one attached hydrogen (secondary N) is 2. The number of benzene rings is 1. The zero-order chi connectivity index (χ0) is 15.5. The lowest BCUT2D eigenvalue weighted by atomic mass is 10.2. The molecule has 1 atom stereocenters. The van der Waals surface area contributed by atoms with Crippen molar-refractivity contribution in [1.82, 2.24) is 10.6 Å². The number of aliphatic hydroxyl groups is 1. The molecule has 0 radical (unpaired) electrons. The summed E-state index contributed by atoms with van der Waals surface area (Å²) in [6, 6.07) is 5.89. The van der Waals surface area contributed by atoms with Crippen LogP contribution in [0.1, 0.15) is 12.5 Å². The minimum absolute atomic E-state index is 0. The third-order valence-electron chi connectivity index (χ3n) is 2.83. The van der Waals surface area contributed by atoms with E-state index in [-0.39, 0.29) is 30.9 Å². The van der Waals surface area contributed by atoms with Gasteiger partial charge in [0.25, 0.3) is 0 Å². The van der Waals surface area contributed by atoms with Crippen LogP contribution in [0.4, 0.5) is 0 Å². The monoisotopic (exact) mass is 366 g/mol. The number of hydrogen-bond acceptors (Lipinski definition) is 5. The third kappa shape index (κ3) is 10.4. The Morgan fingerprint density at radius 1 is 1.22 bits per heavy atom. The molecule has 0 spiro atoms. The molecule has 0 saturated carbocycles. The van der Waals surface area contributed by atoms with Crippen molar-refractivity contribution in [3.05, 3.63) is 36.4 Å². The molecule has 0 aromatic heterocycles. The summed E-state index contributed by atoms with van der Waals surface area (Å²) >= 11 is 0. The fourth-order valence-electron chi connectivity index (χ4n) is 1.81. The Balaban J connectivity index is 0. The van der Waals surface area contributed by atoms with Gasteiger partial charge in [0.2, 0.25) is 0 Å². The maximum Gasteiger partial charge on any atom is 0.161 e. The Morgan fingerprint density at radius 2 is 1.91 bits per heavy atom. The van der Waals surface area contributed by atoms with Crippen molar-refractivity contribution in [1.29, 1.82) is 0 Å². The van der Waals surface area contributed by atoms with E-state index in [1.807, 2.05) is 18.2 Å². The van der Waals surface area contributed by atoms with E-state index in [1.54, 1.807) is 20.1 Å². The number of rotatable bonds is 11. The summed E-state index contributed by atoms with van der Waals surface area (Å²) < 4.78 is 10.8. The van der Waals surface area contributed by atoms with Crippen LogP contribution in [0.3, 0.4) is 0 Å². The van der Waals surface area contributed by atoms with Crippen LogP contribution in [-0.2, 0) is 6.54 Å². The Hall–Kier alpha value is -0.980. The topological polar surface area (TPSA) is 62.8 Å². The molecule has 0 heterocycles. The van der Waals surface area contributed by atoms with Crippen molar-refractivity contribution in [2.75, 3.05) is 33.4 Å². The molecule has 1 aromatic rings. The Bertz CT molecular complexity index is 432. The number of hydrogen-bond donors (Lipinski definition) is 3. The van der Waals surface area contributed by atoms with E-state index in [0.29, 0.717) is 13.2 Å². The lowest BCUT2D eigenvalue weighted by Crippen LogP contribution is -2.31. The van der Waals surface area contributed by atoms with Gasteiger partial charge in [-0.25, -0.2) is 0 Å². The molecule has 0 saturated heterocycles. The first-order valence-corrected chi connectivity index (χ1v) is 7.17. The van der Waals surface area contributed by atoms with Crippen molar-refractivity contribution < 1.29 is 14.6 Å². The van der Waals surface area contributed by atoms with Crippen LogP contribution < -0.4 is 20.1 Å². The van der Waals surface area contributed by atoms with Crippen molar-refractivity contribution >= 4 is 24.8 Å². The molecule has 7 heteroatoms. The zero-order valence-corrected chi connectivity index (χ0v) is 15.3. The van der Waals surface area contributed by atoms with E-state index < -0.39 is 0 Å². The first kappa shape index (κ1) is 24.3. The van der Waals surface area contributed by atoms with Crippen LogP contribution in [0.5, 0.6) is 11.5 Å². The van der Waals surface area contributed by atoms with E-state index in [2.05, 4.69) is 17.2 Å². The summed E-state index contributed by atoms with van der Waals surface area (Å²) in [6.45, 7) is 8.89. The Labute approximate surface area is 151 Å². The predicted octanol–water partition coefficient (Wildman–Crippen LogP) is 2.16. The van der Waals surface area contributed by atoms with E-state index in [9.17, 15) is 0 Å². The van der Waals surface area contributed by atoms with Crippen LogP contribution in [0.15, 0.2) is 30.9 Å². The molecule has 134 valence electrons.